The first-order valence-electron chi connectivity index (χ1n) is 1.53. The van der Waals surface area contributed by atoms with Gasteiger partial charge >= 0.3 is 15.6 Å². The van der Waals surface area contributed by atoms with Crippen LogP contribution in [0, 0.1) is 0 Å². The summed E-state index contributed by atoms with van der Waals surface area (Å²) in [6, 6.07) is 0. The average Bonchev–Trinajstić information content (AvgIpc) is 1.14. The molecule has 0 spiro atoms. The summed E-state index contributed by atoms with van der Waals surface area (Å²) < 4.78 is 22.2. The van der Waals surface area contributed by atoms with Crippen molar-refractivity contribution in [2.24, 2.45) is 0 Å². The molecular formula is H4O7P2SnTc. The third-order valence-corrected chi connectivity index (χ3v) is 1.91. The van der Waals surface area contributed by atoms with Gasteiger partial charge in [0.25, 0.3) is 0 Å². The van der Waals surface area contributed by atoms with E-state index in [4.69, 9.17) is 19.6 Å². The zero-order chi connectivity index (χ0) is 7.71. The maximum absolute atomic E-state index is 9.63. The van der Waals surface area contributed by atoms with E-state index in [9.17, 15) is 9.13 Å². The molecule has 0 aliphatic heterocycles. The summed E-state index contributed by atoms with van der Waals surface area (Å²) in [5.74, 6) is 0. The van der Waals surface area contributed by atoms with Crippen LogP contribution in [0.1, 0.15) is 0 Å². The average molecular weight is 396 g/mol. The molecule has 0 atom stereocenters. The third kappa shape index (κ3) is 18.6. The summed E-state index contributed by atoms with van der Waals surface area (Å²) in [5, 5.41) is 0. The molecule has 0 fully saturated rings. The van der Waals surface area contributed by atoms with Crippen LogP contribution in [-0.2, 0) is 33.5 Å². The van der Waals surface area contributed by atoms with Gasteiger partial charge in [0.05, 0.1) is 0 Å². The Kier molecular flexibility index (Phi) is 10.4. The van der Waals surface area contributed by atoms with E-state index >= 15 is 0 Å². The van der Waals surface area contributed by atoms with Gasteiger partial charge in [0.2, 0.25) is 0 Å². The summed E-state index contributed by atoms with van der Waals surface area (Å²) in [5.41, 5.74) is 0. The molecule has 0 aliphatic rings. The maximum atomic E-state index is 9.63. The molecule has 0 amide bonds. The van der Waals surface area contributed by atoms with E-state index in [0.29, 0.717) is 0 Å². The maximum Gasteiger partial charge on any atom is 0.478 e. The van der Waals surface area contributed by atoms with Gasteiger partial charge in [-0.1, -0.05) is 0 Å². The number of phosphoric acid groups is 2. The molecule has 0 saturated heterocycles. The Balaban J connectivity index is -0.000000320. The van der Waals surface area contributed by atoms with Gasteiger partial charge in [0.1, 0.15) is 0 Å². The third-order valence-electron chi connectivity index (χ3n) is 0.213. The molecule has 5 radical (unpaired) electrons. The van der Waals surface area contributed by atoms with Crippen molar-refractivity contribution in [2.45, 2.75) is 0 Å². The summed E-state index contributed by atoms with van der Waals surface area (Å²) in [7, 11) is -10.1. The second-order valence-electron chi connectivity index (χ2n) is 1.06. The Labute approximate surface area is 92.3 Å². The molecule has 0 bridgehead atoms. The van der Waals surface area contributed by atoms with Gasteiger partial charge in [-0.05, 0) is 0 Å². The molecule has 0 saturated carbocycles. The van der Waals surface area contributed by atoms with Gasteiger partial charge in [0, 0.05) is 44.0 Å². The second kappa shape index (κ2) is 6.21. The standard InChI is InChI=1S/H4O7P2.Sn.Tc/c1-8(2,3)7-9(4,5)6;;/h(H2,1,2,3)(H2,4,5,6);;/i;;1+1. The van der Waals surface area contributed by atoms with Crippen molar-refractivity contribution >= 4 is 39.6 Å². The first-order valence-corrected chi connectivity index (χ1v) is 4.59. The Morgan fingerprint density at radius 2 is 1.09 bits per heavy atom. The largest absolute Gasteiger partial charge is 0.478 e. The molecule has 0 rings (SSSR count). The molecule has 0 aromatic heterocycles. The fourth-order valence-electron chi connectivity index (χ4n) is 0.139. The van der Waals surface area contributed by atoms with Gasteiger partial charge in [-0.15, -0.1) is 0 Å². The molecule has 67 valence electrons. The van der Waals surface area contributed by atoms with Crippen LogP contribution in [0.4, 0.5) is 0 Å². The Hall–Kier alpha value is 1.71. The van der Waals surface area contributed by atoms with E-state index in [-0.39, 0.29) is 44.0 Å². The predicted octanol–water partition coefficient (Wildman–Crippen LogP) is -1.19. The minimum absolute atomic E-state index is 0. The fraction of sp³-hybridized carbons (Fsp3) is 0. The van der Waals surface area contributed by atoms with Crippen molar-refractivity contribution in [3.63, 3.8) is 0 Å². The molecule has 0 aromatic rings. The normalized spacial score (nSPS) is 11.3. The van der Waals surface area contributed by atoms with Crippen LogP contribution in [0.25, 0.3) is 0 Å². The van der Waals surface area contributed by atoms with Crippen molar-refractivity contribution in [1.29, 1.82) is 0 Å². The van der Waals surface area contributed by atoms with Crippen LogP contribution >= 0.6 is 15.6 Å². The van der Waals surface area contributed by atoms with E-state index in [1.54, 1.807) is 0 Å². The van der Waals surface area contributed by atoms with E-state index < -0.39 is 15.6 Å². The van der Waals surface area contributed by atoms with Gasteiger partial charge in [-0.2, -0.15) is 4.31 Å². The first kappa shape index (κ1) is 18.5. The number of hydrogen-bond acceptors (Lipinski definition) is 3. The summed E-state index contributed by atoms with van der Waals surface area (Å²) in [6.45, 7) is 0. The van der Waals surface area contributed by atoms with E-state index in [1.807, 2.05) is 0 Å². The van der Waals surface area contributed by atoms with Crippen molar-refractivity contribution in [2.75, 3.05) is 0 Å². The minimum Gasteiger partial charge on any atom is -0.302 e. The summed E-state index contributed by atoms with van der Waals surface area (Å²) in [4.78, 5) is 31.0. The van der Waals surface area contributed by atoms with Crippen LogP contribution in [0.2, 0.25) is 0 Å². The molecule has 11 heteroatoms. The predicted molar refractivity (Wildman–Crippen MR) is 30.9 cm³/mol. The van der Waals surface area contributed by atoms with Crippen LogP contribution in [0.15, 0.2) is 0 Å². The summed E-state index contributed by atoms with van der Waals surface area (Å²) in [6.07, 6.45) is 0. The molecule has 4 N–H and O–H groups in total. The van der Waals surface area contributed by atoms with E-state index in [0.717, 1.165) is 0 Å². The number of rotatable bonds is 2. The van der Waals surface area contributed by atoms with Crippen molar-refractivity contribution in [1.82, 2.24) is 0 Å². The van der Waals surface area contributed by atoms with Gasteiger partial charge in [-0.3, -0.25) is 0 Å². The van der Waals surface area contributed by atoms with E-state index in [2.05, 4.69) is 4.31 Å². The topological polar surface area (TPSA) is 124 Å². The van der Waals surface area contributed by atoms with Gasteiger partial charge < -0.3 is 19.6 Å². The van der Waals surface area contributed by atoms with Crippen LogP contribution in [0.5, 0.6) is 0 Å². The van der Waals surface area contributed by atoms with Crippen LogP contribution in [0.3, 0.4) is 0 Å². The molecule has 0 aromatic carbocycles. The van der Waals surface area contributed by atoms with Crippen molar-refractivity contribution in [3.05, 3.63) is 0 Å². The SMILES string of the molecule is O=P(O)(O)OP(=O)(O)O.[99Tc].[Sn]. The Morgan fingerprint density at radius 1 is 0.909 bits per heavy atom. The fourth-order valence-corrected chi connectivity index (χ4v) is 1.25. The zero-order valence-corrected chi connectivity index (χ0v) is 11.3. The molecule has 0 unspecified atom stereocenters. The minimum atomic E-state index is -5.05. The van der Waals surface area contributed by atoms with Crippen LogP contribution in [-0.4, -0.2) is 43.5 Å². The quantitative estimate of drug-likeness (QED) is 0.342. The molecule has 11 heavy (non-hydrogen) atoms. The zero-order valence-electron chi connectivity index (χ0n) is 4.79. The molecule has 0 aliphatic carbocycles. The van der Waals surface area contributed by atoms with Crippen LogP contribution < -0.4 is 0 Å². The van der Waals surface area contributed by atoms with Crippen molar-refractivity contribution in [3.8, 4) is 0 Å². The van der Waals surface area contributed by atoms with E-state index in [1.165, 1.54) is 0 Å². The molecule has 7 nitrogen and oxygen atoms in total. The molecule has 0 heterocycles. The second-order valence-corrected chi connectivity index (χ2v) is 3.68. The van der Waals surface area contributed by atoms with Gasteiger partial charge in [0.15, 0.2) is 0 Å². The first-order chi connectivity index (χ1) is 3.71. The summed E-state index contributed by atoms with van der Waals surface area (Å²) >= 11 is 0. The van der Waals surface area contributed by atoms with Gasteiger partial charge in [-0.25, -0.2) is 9.13 Å². The molecular weight excluding hydrogens is 392 g/mol. The Bertz CT molecular complexity index is 157. The Morgan fingerprint density at radius 3 is 1.09 bits per heavy atom. The monoisotopic (exact) mass is 397 g/mol. The smallest absolute Gasteiger partial charge is 0.302 e. The number of hydrogen-bond donors (Lipinski definition) is 4. The van der Waals surface area contributed by atoms with Crippen molar-refractivity contribution < 1.29 is 53.1 Å².